The molecule has 0 aliphatic carbocycles. The number of quaternary nitrogens is 1. The molecule has 2 unspecified atom stereocenters. The minimum absolute atomic E-state index is 0.0733. The molecule has 26 heavy (non-hydrogen) atoms. The number of allylic oxidation sites excluding steroid dienone is 4. The van der Waals surface area contributed by atoms with Crippen LogP contribution in [0.1, 0.15) is 52.4 Å². The molecule has 0 aromatic rings. The monoisotopic (exact) mass is 371 g/mol. The van der Waals surface area contributed by atoms with Gasteiger partial charge in [0.25, 0.3) is 0 Å². The van der Waals surface area contributed by atoms with Crippen molar-refractivity contribution < 1.29 is 29.7 Å². The molecule has 2 atom stereocenters. The highest BCUT2D eigenvalue weighted by Crippen LogP contribution is 2.15. The van der Waals surface area contributed by atoms with E-state index in [9.17, 15) is 25.2 Å². The number of hydrogen-bond acceptors (Lipinski definition) is 5. The molecular formula is C20H37NO5. The van der Waals surface area contributed by atoms with E-state index in [1.165, 1.54) is 0 Å². The van der Waals surface area contributed by atoms with E-state index in [0.717, 1.165) is 12.8 Å². The maximum atomic E-state index is 11.3. The van der Waals surface area contributed by atoms with E-state index in [1.54, 1.807) is 0 Å². The molecule has 0 fully saturated rings. The molecule has 0 aliphatic heterocycles. The lowest BCUT2D eigenvalue weighted by atomic mass is 10.1. The van der Waals surface area contributed by atoms with Gasteiger partial charge in [-0.05, 0) is 38.5 Å². The van der Waals surface area contributed by atoms with Gasteiger partial charge in [-0.3, -0.25) is 0 Å². The second-order valence-corrected chi connectivity index (χ2v) is 6.91. The highest BCUT2D eigenvalue weighted by molar-refractivity contribution is 5.65. The molecule has 0 amide bonds. The number of rotatable bonds is 16. The first-order valence-corrected chi connectivity index (χ1v) is 9.71. The molecule has 0 spiro atoms. The van der Waals surface area contributed by atoms with Crippen molar-refractivity contribution >= 4 is 5.97 Å². The second-order valence-electron chi connectivity index (χ2n) is 6.91. The molecule has 0 bridgehead atoms. The highest BCUT2D eigenvalue weighted by Gasteiger charge is 2.32. The van der Waals surface area contributed by atoms with Gasteiger partial charge in [-0.25, -0.2) is 0 Å². The molecule has 0 heterocycles. The van der Waals surface area contributed by atoms with Gasteiger partial charge in [0, 0.05) is 0 Å². The largest absolute Gasteiger partial charge is 0.544 e. The number of aliphatic hydroxyl groups is 3. The summed E-state index contributed by atoms with van der Waals surface area (Å²) in [5, 5.41) is 41.4. The number of aliphatic hydroxyl groups excluding tert-OH is 3. The van der Waals surface area contributed by atoms with Crippen molar-refractivity contribution in [2.75, 3.05) is 32.8 Å². The molecule has 6 nitrogen and oxygen atoms in total. The summed E-state index contributed by atoms with van der Waals surface area (Å²) in [6, 6.07) is 0. The van der Waals surface area contributed by atoms with E-state index in [2.05, 4.69) is 0 Å². The third-order valence-electron chi connectivity index (χ3n) is 4.37. The third-order valence-corrected chi connectivity index (χ3v) is 4.37. The number of nitrogens with zero attached hydrogens (tertiary/aromatic N) is 1. The van der Waals surface area contributed by atoms with E-state index < -0.39 is 18.2 Å². The Bertz CT molecular complexity index is 396. The van der Waals surface area contributed by atoms with Gasteiger partial charge in [0.15, 0.2) is 0 Å². The van der Waals surface area contributed by atoms with Crippen molar-refractivity contribution in [3.8, 4) is 0 Å². The Hall–Kier alpha value is -1.21. The topological polar surface area (TPSA) is 101 Å². The molecule has 0 saturated heterocycles. The molecule has 152 valence electrons. The minimum Gasteiger partial charge on any atom is -0.544 e. The van der Waals surface area contributed by atoms with Gasteiger partial charge >= 0.3 is 0 Å². The summed E-state index contributed by atoms with van der Waals surface area (Å²) in [7, 11) is 0. The van der Waals surface area contributed by atoms with Crippen molar-refractivity contribution in [1.29, 1.82) is 0 Å². The Balaban J connectivity index is 4.93. The van der Waals surface area contributed by atoms with Gasteiger partial charge in [0.2, 0.25) is 0 Å². The van der Waals surface area contributed by atoms with Crippen LogP contribution < -0.4 is 5.11 Å². The van der Waals surface area contributed by atoms with Crippen molar-refractivity contribution in [3.05, 3.63) is 24.3 Å². The first-order chi connectivity index (χ1) is 12.4. The Labute approximate surface area is 158 Å². The van der Waals surface area contributed by atoms with E-state index >= 15 is 0 Å². The minimum atomic E-state index is -1.24. The van der Waals surface area contributed by atoms with Crippen LogP contribution in [-0.2, 0) is 4.79 Å². The molecule has 0 radical (unpaired) electrons. The summed E-state index contributed by atoms with van der Waals surface area (Å²) in [5.41, 5.74) is 0. The number of aliphatic carboxylic acids is 1. The maximum Gasteiger partial charge on any atom is 0.119 e. The summed E-state index contributed by atoms with van der Waals surface area (Å²) >= 11 is 0. The van der Waals surface area contributed by atoms with E-state index in [-0.39, 0.29) is 37.3 Å². The Kier molecular flexibility index (Phi) is 14.2. The van der Waals surface area contributed by atoms with Crippen molar-refractivity contribution in [2.45, 2.75) is 64.6 Å². The summed E-state index contributed by atoms with van der Waals surface area (Å²) in [5.74, 6) is -1.24. The smallest absolute Gasteiger partial charge is 0.119 e. The van der Waals surface area contributed by atoms with Crippen LogP contribution in [0.5, 0.6) is 0 Å². The summed E-state index contributed by atoms with van der Waals surface area (Å²) in [4.78, 5) is 11.3. The van der Waals surface area contributed by atoms with Crippen LogP contribution >= 0.6 is 0 Å². The molecule has 3 N–H and O–H groups in total. The predicted octanol–water partition coefficient (Wildman–Crippen LogP) is 0.760. The van der Waals surface area contributed by atoms with Gasteiger partial charge in [0.05, 0.1) is 12.6 Å². The van der Waals surface area contributed by atoms with Crippen LogP contribution in [0.2, 0.25) is 0 Å². The molecule has 0 aromatic heterocycles. The van der Waals surface area contributed by atoms with E-state index in [0.29, 0.717) is 25.7 Å². The zero-order chi connectivity index (χ0) is 19.8. The first-order valence-electron chi connectivity index (χ1n) is 9.71. The lowest BCUT2D eigenvalue weighted by molar-refractivity contribution is -0.928. The average Bonchev–Trinajstić information content (AvgIpc) is 2.55. The van der Waals surface area contributed by atoms with Gasteiger partial charge in [-0.15, -0.1) is 0 Å². The summed E-state index contributed by atoms with van der Waals surface area (Å²) in [6.45, 7) is 4.05. The predicted molar refractivity (Wildman–Crippen MR) is 101 cm³/mol. The van der Waals surface area contributed by atoms with Gasteiger partial charge in [0.1, 0.15) is 38.4 Å². The fraction of sp³-hybridized carbons (Fsp3) is 0.750. The molecule has 0 aliphatic rings. The lowest BCUT2D eigenvalue weighted by Crippen LogP contribution is -2.61. The number of carboxylic acid groups (broad SMARTS) is 1. The number of carbonyl (C=O) groups is 1. The zero-order valence-corrected chi connectivity index (χ0v) is 16.3. The lowest BCUT2D eigenvalue weighted by Gasteiger charge is -2.41. The fourth-order valence-corrected chi connectivity index (χ4v) is 3.17. The van der Waals surface area contributed by atoms with Crippen molar-refractivity contribution in [1.82, 2.24) is 0 Å². The Morgan fingerprint density at radius 2 is 1.42 bits per heavy atom. The maximum absolute atomic E-state index is 11.3. The molecule has 0 aromatic carbocycles. The van der Waals surface area contributed by atoms with Crippen molar-refractivity contribution in [3.63, 3.8) is 0 Å². The quantitative estimate of drug-likeness (QED) is 0.275. The van der Waals surface area contributed by atoms with Gasteiger partial charge in [-0.2, -0.15) is 0 Å². The number of hydrogen-bond donors (Lipinski definition) is 3. The van der Waals surface area contributed by atoms with Gasteiger partial charge in [-0.1, -0.05) is 38.2 Å². The van der Waals surface area contributed by atoms with Crippen LogP contribution in [0, 0.1) is 0 Å². The normalized spacial score (nSPS) is 16.8. The van der Waals surface area contributed by atoms with Crippen LogP contribution in [0.25, 0.3) is 0 Å². The standard InChI is InChI=1S/C20H37NO5/c1-3-5-7-9-11-18(23)15-21(13-14-22,17-20(25)26)16-19(24)12-10-8-6-4-2/h5-8,18-19,22-24H,3-4,9-17H2,1-2H3/b7-5+,8-6+. The second kappa shape index (κ2) is 14.9. The Morgan fingerprint density at radius 1 is 0.962 bits per heavy atom. The summed E-state index contributed by atoms with van der Waals surface area (Å²) < 4.78 is -0.0733. The molecule has 0 rings (SSSR count). The molecule has 0 saturated carbocycles. The number of carboxylic acids is 1. The van der Waals surface area contributed by atoms with Gasteiger partial charge < -0.3 is 29.7 Å². The highest BCUT2D eigenvalue weighted by atomic mass is 16.4. The molecular weight excluding hydrogens is 334 g/mol. The zero-order valence-electron chi connectivity index (χ0n) is 16.3. The van der Waals surface area contributed by atoms with Crippen molar-refractivity contribution in [2.24, 2.45) is 0 Å². The van der Waals surface area contributed by atoms with Crippen LogP contribution in [-0.4, -0.2) is 70.8 Å². The average molecular weight is 372 g/mol. The Morgan fingerprint density at radius 3 is 1.77 bits per heavy atom. The SMILES string of the molecule is CC/C=C/CCC(O)C[N+](CCO)(CC(=O)[O-])CC(O)CC/C=C/CC. The fourth-order valence-electron chi connectivity index (χ4n) is 3.17. The first kappa shape index (κ1) is 24.8. The third kappa shape index (κ3) is 12.2. The van der Waals surface area contributed by atoms with Crippen LogP contribution in [0.3, 0.4) is 0 Å². The molecule has 6 heteroatoms. The summed E-state index contributed by atoms with van der Waals surface area (Å²) in [6.07, 6.45) is 11.0. The van der Waals surface area contributed by atoms with Crippen LogP contribution in [0.4, 0.5) is 0 Å². The number of carbonyl (C=O) groups excluding carboxylic acids is 1. The van der Waals surface area contributed by atoms with E-state index in [1.807, 2.05) is 38.2 Å². The van der Waals surface area contributed by atoms with E-state index in [4.69, 9.17) is 0 Å². The van der Waals surface area contributed by atoms with Crippen LogP contribution in [0.15, 0.2) is 24.3 Å².